The summed E-state index contributed by atoms with van der Waals surface area (Å²) in [6.45, 7) is 3.95. The number of furan rings is 1. The van der Waals surface area contributed by atoms with Crippen LogP contribution in [0.3, 0.4) is 0 Å². The van der Waals surface area contributed by atoms with Crippen molar-refractivity contribution in [2.24, 2.45) is 5.10 Å². The van der Waals surface area contributed by atoms with Gasteiger partial charge in [0.25, 0.3) is 5.56 Å². The highest BCUT2D eigenvalue weighted by Gasteiger charge is 2.14. The molecule has 5 nitrogen and oxygen atoms in total. The van der Waals surface area contributed by atoms with Crippen LogP contribution in [0.1, 0.15) is 31.4 Å². The molecule has 0 saturated heterocycles. The highest BCUT2D eigenvalue weighted by molar-refractivity contribution is 14.1. The molecule has 0 aliphatic rings. The number of hydrogen-bond acceptors (Lipinski definition) is 4. The van der Waals surface area contributed by atoms with E-state index in [1.165, 1.54) is 10.9 Å². The Bertz CT molecular complexity index is 989. The van der Waals surface area contributed by atoms with Crippen LogP contribution >= 0.6 is 54.5 Å². The van der Waals surface area contributed by atoms with Crippen LogP contribution in [0.5, 0.6) is 0 Å². The average molecular weight is 565 g/mol. The third-order valence-electron chi connectivity index (χ3n) is 3.31. The minimum absolute atomic E-state index is 0.0476. The van der Waals surface area contributed by atoms with Gasteiger partial charge in [0, 0.05) is 39.0 Å². The first-order valence-electron chi connectivity index (χ1n) is 7.08. The zero-order valence-corrected chi connectivity index (χ0v) is 18.1. The van der Waals surface area contributed by atoms with Crippen molar-refractivity contribution in [3.05, 3.63) is 58.9 Å². The summed E-state index contributed by atoms with van der Waals surface area (Å²) in [7, 11) is 0. The van der Waals surface area contributed by atoms with Crippen LogP contribution in [0, 0.1) is 3.77 Å². The molecular formula is C16H12Br2IN3O2. The van der Waals surface area contributed by atoms with Gasteiger partial charge in [0.1, 0.15) is 11.6 Å². The average Bonchev–Trinajstić information content (AvgIpc) is 2.85. The largest absolute Gasteiger partial charge is 0.448 e. The second kappa shape index (κ2) is 7.09. The predicted octanol–water partition coefficient (Wildman–Crippen LogP) is 5.12. The van der Waals surface area contributed by atoms with Gasteiger partial charge in [-0.15, -0.1) is 0 Å². The van der Waals surface area contributed by atoms with Crippen LogP contribution in [0.15, 0.2) is 47.5 Å². The van der Waals surface area contributed by atoms with Crippen LogP contribution in [0.25, 0.3) is 10.9 Å². The summed E-state index contributed by atoms with van der Waals surface area (Å²) in [5.41, 5.74) is 0.454. The second-order valence-electron chi connectivity index (χ2n) is 5.42. The second-order valence-corrected chi connectivity index (χ2v) is 8.17. The van der Waals surface area contributed by atoms with E-state index in [-0.39, 0.29) is 11.5 Å². The van der Waals surface area contributed by atoms with Crippen LogP contribution in [-0.2, 0) is 0 Å². The fourth-order valence-corrected chi connectivity index (χ4v) is 3.27. The number of nitrogens with zero attached hydrogens (tertiary/aromatic N) is 3. The molecule has 2 aromatic heterocycles. The number of rotatable bonds is 3. The topological polar surface area (TPSA) is 60.4 Å². The van der Waals surface area contributed by atoms with E-state index in [9.17, 15) is 4.79 Å². The van der Waals surface area contributed by atoms with Gasteiger partial charge in [0.15, 0.2) is 3.77 Å². The molecule has 24 heavy (non-hydrogen) atoms. The maximum Gasteiger partial charge on any atom is 0.282 e. The number of halogens is 3. The molecule has 3 aromatic rings. The minimum atomic E-state index is -0.207. The maximum atomic E-state index is 12.8. The van der Waals surface area contributed by atoms with Crippen LogP contribution in [0.2, 0.25) is 0 Å². The molecule has 3 rings (SSSR count). The highest BCUT2D eigenvalue weighted by atomic mass is 127. The molecule has 8 heteroatoms. The van der Waals surface area contributed by atoms with Crippen molar-refractivity contribution in [2.75, 3.05) is 0 Å². The molecule has 0 spiro atoms. The van der Waals surface area contributed by atoms with Crippen molar-refractivity contribution < 1.29 is 4.42 Å². The van der Waals surface area contributed by atoms with Gasteiger partial charge in [-0.1, -0.05) is 29.8 Å². The van der Waals surface area contributed by atoms with Crippen molar-refractivity contribution in [3.63, 3.8) is 0 Å². The molecule has 0 amide bonds. The molecule has 0 bridgehead atoms. The molecule has 0 radical (unpaired) electrons. The maximum absolute atomic E-state index is 12.8. The van der Waals surface area contributed by atoms with E-state index < -0.39 is 0 Å². The zero-order chi connectivity index (χ0) is 17.4. The first-order valence-corrected chi connectivity index (χ1v) is 9.74. The molecular weight excluding hydrogens is 553 g/mol. The Kier molecular flexibility index (Phi) is 5.26. The molecule has 0 fully saturated rings. The van der Waals surface area contributed by atoms with E-state index in [2.05, 4.69) is 64.5 Å². The fourth-order valence-electron chi connectivity index (χ4n) is 2.19. The third-order valence-corrected chi connectivity index (χ3v) is 5.94. The Morgan fingerprint density at radius 1 is 1.33 bits per heavy atom. The molecule has 0 unspecified atom stereocenters. The molecule has 124 valence electrons. The fraction of sp³-hybridized carbons (Fsp3) is 0.188. The summed E-state index contributed by atoms with van der Waals surface area (Å²) in [5.74, 6) is 1.21. The van der Waals surface area contributed by atoms with Gasteiger partial charge in [-0.05, 0) is 34.1 Å². The molecule has 0 aliphatic heterocycles. The van der Waals surface area contributed by atoms with Gasteiger partial charge in [-0.2, -0.15) is 9.78 Å². The lowest BCUT2D eigenvalue weighted by molar-refractivity contribution is 0.528. The number of aromatic nitrogens is 2. The highest BCUT2D eigenvalue weighted by Crippen LogP contribution is 2.22. The van der Waals surface area contributed by atoms with Crippen molar-refractivity contribution >= 4 is 71.6 Å². The van der Waals surface area contributed by atoms with Gasteiger partial charge < -0.3 is 4.42 Å². The number of fused-ring (bicyclic) bond motifs is 1. The van der Waals surface area contributed by atoms with Gasteiger partial charge >= 0.3 is 0 Å². The SMILES string of the molecule is CC(C)c1nc2ccc(Br)cc2c(=O)n1N=Cc1cc(Br)c(I)o1. The van der Waals surface area contributed by atoms with Gasteiger partial charge in [-0.3, -0.25) is 4.79 Å². The van der Waals surface area contributed by atoms with E-state index in [0.29, 0.717) is 22.5 Å². The summed E-state index contributed by atoms with van der Waals surface area (Å²) >= 11 is 8.85. The van der Waals surface area contributed by atoms with E-state index in [1.807, 2.05) is 26.0 Å². The first kappa shape index (κ1) is 17.8. The Balaban J connectivity index is 2.19. The lowest BCUT2D eigenvalue weighted by Crippen LogP contribution is -2.23. The quantitative estimate of drug-likeness (QED) is 0.328. The van der Waals surface area contributed by atoms with Gasteiger partial charge in [-0.25, -0.2) is 4.98 Å². The van der Waals surface area contributed by atoms with Crippen molar-refractivity contribution in [1.82, 2.24) is 9.66 Å². The van der Waals surface area contributed by atoms with E-state index >= 15 is 0 Å². The van der Waals surface area contributed by atoms with E-state index in [0.717, 1.165) is 12.7 Å². The van der Waals surface area contributed by atoms with E-state index in [4.69, 9.17) is 4.42 Å². The molecule has 0 N–H and O–H groups in total. The first-order chi connectivity index (χ1) is 11.4. The van der Waals surface area contributed by atoms with Gasteiger partial charge in [0.05, 0.1) is 21.6 Å². The summed E-state index contributed by atoms with van der Waals surface area (Å²) < 4.78 is 9.27. The monoisotopic (exact) mass is 563 g/mol. The summed E-state index contributed by atoms with van der Waals surface area (Å²) in [5, 5.41) is 4.83. The molecule has 2 heterocycles. The standard InChI is InChI=1S/C16H12Br2IN3O2/c1-8(2)15-21-13-4-3-9(17)5-11(13)16(23)22(15)20-7-10-6-12(18)14(19)24-10/h3-8H,1-2H3. The smallest absolute Gasteiger partial charge is 0.282 e. The van der Waals surface area contributed by atoms with Crippen molar-refractivity contribution in [1.29, 1.82) is 0 Å². The zero-order valence-electron chi connectivity index (χ0n) is 12.8. The third kappa shape index (κ3) is 3.50. The Morgan fingerprint density at radius 3 is 2.71 bits per heavy atom. The van der Waals surface area contributed by atoms with Crippen LogP contribution in [0.4, 0.5) is 0 Å². The Labute approximate surface area is 168 Å². The lowest BCUT2D eigenvalue weighted by Gasteiger charge is -2.11. The summed E-state index contributed by atoms with van der Waals surface area (Å²) in [4.78, 5) is 17.4. The summed E-state index contributed by atoms with van der Waals surface area (Å²) in [6.07, 6.45) is 1.52. The lowest BCUT2D eigenvalue weighted by atomic mass is 10.2. The van der Waals surface area contributed by atoms with Crippen LogP contribution in [-0.4, -0.2) is 15.9 Å². The van der Waals surface area contributed by atoms with Gasteiger partial charge in [0.2, 0.25) is 0 Å². The Hall–Kier alpha value is -1.000. The van der Waals surface area contributed by atoms with Crippen molar-refractivity contribution in [2.45, 2.75) is 19.8 Å². The predicted molar refractivity (Wildman–Crippen MR) is 110 cm³/mol. The normalized spacial score (nSPS) is 11.9. The summed E-state index contributed by atoms with van der Waals surface area (Å²) in [6, 6.07) is 7.26. The van der Waals surface area contributed by atoms with Crippen LogP contribution < -0.4 is 5.56 Å². The molecule has 0 saturated carbocycles. The minimum Gasteiger partial charge on any atom is -0.448 e. The van der Waals surface area contributed by atoms with Crippen molar-refractivity contribution in [3.8, 4) is 0 Å². The molecule has 0 atom stereocenters. The number of benzene rings is 1. The Morgan fingerprint density at radius 2 is 2.08 bits per heavy atom. The molecule has 1 aromatic carbocycles. The van der Waals surface area contributed by atoms with E-state index in [1.54, 1.807) is 12.1 Å². The molecule has 0 aliphatic carbocycles. The number of hydrogen-bond donors (Lipinski definition) is 0.